The standard InChI is InChI=1S/C21H18N4O2/c1-4-6-7-14(3)19-10-15-8-18(9-16(11-22)20(15)24-19)25-13-17(12-23-25)21(26)27-5-2/h4,6-10,12-13,24H,1,3,5H2,2H3/b7-6-. The molecule has 0 bridgehead atoms. The van der Waals surface area contributed by atoms with Gasteiger partial charge in [-0.05, 0) is 30.7 Å². The van der Waals surface area contributed by atoms with Crippen LogP contribution < -0.4 is 0 Å². The van der Waals surface area contributed by atoms with Crippen LogP contribution in [0.4, 0.5) is 0 Å². The fourth-order valence-corrected chi connectivity index (χ4v) is 2.68. The lowest BCUT2D eigenvalue weighted by atomic mass is 10.1. The van der Waals surface area contributed by atoms with Gasteiger partial charge in [-0.3, -0.25) is 0 Å². The van der Waals surface area contributed by atoms with Crippen LogP contribution in [-0.4, -0.2) is 27.3 Å². The van der Waals surface area contributed by atoms with Gasteiger partial charge in [0.1, 0.15) is 6.07 Å². The van der Waals surface area contributed by atoms with Crippen LogP contribution in [-0.2, 0) is 4.74 Å². The minimum Gasteiger partial charge on any atom is -0.462 e. The number of rotatable bonds is 6. The van der Waals surface area contributed by atoms with E-state index >= 15 is 0 Å². The summed E-state index contributed by atoms with van der Waals surface area (Å²) in [6.07, 6.45) is 8.33. The van der Waals surface area contributed by atoms with Gasteiger partial charge >= 0.3 is 5.97 Å². The number of aromatic amines is 1. The zero-order chi connectivity index (χ0) is 19.4. The highest BCUT2D eigenvalue weighted by molar-refractivity contribution is 5.92. The van der Waals surface area contributed by atoms with Crippen LogP contribution in [0, 0.1) is 11.3 Å². The third kappa shape index (κ3) is 3.58. The summed E-state index contributed by atoms with van der Waals surface area (Å²) in [5.41, 5.74) is 3.81. The number of H-pyrrole nitrogens is 1. The predicted octanol–water partition coefficient (Wildman–Crippen LogP) is 4.16. The second-order valence-corrected chi connectivity index (χ2v) is 5.77. The molecule has 0 aliphatic carbocycles. The Morgan fingerprint density at radius 2 is 2.26 bits per heavy atom. The fraction of sp³-hybridized carbons (Fsp3) is 0.0952. The molecule has 134 valence electrons. The number of nitriles is 1. The van der Waals surface area contributed by atoms with Crippen LogP contribution in [0.25, 0.3) is 22.2 Å². The Labute approximate surface area is 156 Å². The minimum absolute atomic E-state index is 0.296. The lowest BCUT2D eigenvalue weighted by Crippen LogP contribution is -2.03. The van der Waals surface area contributed by atoms with E-state index in [1.807, 2.05) is 18.2 Å². The minimum atomic E-state index is -0.431. The lowest BCUT2D eigenvalue weighted by Gasteiger charge is -2.03. The molecule has 0 atom stereocenters. The number of fused-ring (bicyclic) bond motifs is 1. The zero-order valence-electron chi connectivity index (χ0n) is 14.9. The Morgan fingerprint density at radius 1 is 1.44 bits per heavy atom. The smallest absolute Gasteiger partial charge is 0.341 e. The van der Waals surface area contributed by atoms with Crippen LogP contribution in [0.1, 0.15) is 28.5 Å². The van der Waals surface area contributed by atoms with Gasteiger partial charge < -0.3 is 9.72 Å². The van der Waals surface area contributed by atoms with Gasteiger partial charge in [0.15, 0.2) is 0 Å². The second kappa shape index (κ2) is 7.58. The number of hydrogen-bond donors (Lipinski definition) is 1. The summed E-state index contributed by atoms with van der Waals surface area (Å²) in [7, 11) is 0. The van der Waals surface area contributed by atoms with E-state index in [4.69, 9.17) is 4.74 Å². The highest BCUT2D eigenvalue weighted by Crippen LogP contribution is 2.26. The molecule has 0 fully saturated rings. The van der Waals surface area contributed by atoms with Crippen LogP contribution in [0.5, 0.6) is 0 Å². The van der Waals surface area contributed by atoms with Crippen molar-refractivity contribution >= 4 is 22.4 Å². The number of allylic oxidation sites excluding steroid dienone is 4. The highest BCUT2D eigenvalue weighted by atomic mass is 16.5. The van der Waals surface area contributed by atoms with Crippen molar-refractivity contribution in [1.82, 2.24) is 14.8 Å². The normalized spacial score (nSPS) is 10.8. The van der Waals surface area contributed by atoms with E-state index in [0.717, 1.165) is 22.2 Å². The summed E-state index contributed by atoms with van der Waals surface area (Å²) >= 11 is 0. The first-order chi connectivity index (χ1) is 13.1. The largest absolute Gasteiger partial charge is 0.462 e. The monoisotopic (exact) mass is 358 g/mol. The number of nitrogens with zero attached hydrogens (tertiary/aromatic N) is 3. The maximum absolute atomic E-state index is 11.8. The molecule has 0 spiro atoms. The first kappa shape index (κ1) is 18.0. The highest BCUT2D eigenvalue weighted by Gasteiger charge is 2.13. The van der Waals surface area contributed by atoms with E-state index in [9.17, 15) is 10.1 Å². The molecule has 27 heavy (non-hydrogen) atoms. The molecule has 6 heteroatoms. The van der Waals surface area contributed by atoms with Gasteiger partial charge in [-0.2, -0.15) is 10.4 Å². The zero-order valence-corrected chi connectivity index (χ0v) is 14.9. The molecule has 0 saturated carbocycles. The van der Waals surface area contributed by atoms with Crippen molar-refractivity contribution in [2.45, 2.75) is 6.92 Å². The van der Waals surface area contributed by atoms with E-state index in [1.165, 1.54) is 6.20 Å². The van der Waals surface area contributed by atoms with Gasteiger partial charge in [0.25, 0.3) is 0 Å². The maximum Gasteiger partial charge on any atom is 0.341 e. The molecule has 6 nitrogen and oxygen atoms in total. The van der Waals surface area contributed by atoms with Crippen LogP contribution in [0.2, 0.25) is 0 Å². The van der Waals surface area contributed by atoms with Crippen molar-refractivity contribution < 1.29 is 9.53 Å². The van der Waals surface area contributed by atoms with Crippen molar-refractivity contribution in [2.75, 3.05) is 6.61 Å². The first-order valence-electron chi connectivity index (χ1n) is 8.34. The Bertz CT molecular complexity index is 1110. The van der Waals surface area contributed by atoms with E-state index in [2.05, 4.69) is 29.3 Å². The first-order valence-corrected chi connectivity index (χ1v) is 8.34. The van der Waals surface area contributed by atoms with Crippen molar-refractivity contribution in [3.05, 3.63) is 78.8 Å². The van der Waals surface area contributed by atoms with Gasteiger partial charge in [-0.25, -0.2) is 9.48 Å². The van der Waals surface area contributed by atoms with Crippen molar-refractivity contribution in [3.8, 4) is 11.8 Å². The number of esters is 1. The summed E-state index contributed by atoms with van der Waals surface area (Å²) in [5.74, 6) is -0.431. The number of carbonyl (C=O) groups is 1. The van der Waals surface area contributed by atoms with Gasteiger partial charge in [-0.15, -0.1) is 0 Å². The van der Waals surface area contributed by atoms with Crippen molar-refractivity contribution in [2.24, 2.45) is 0 Å². The molecule has 1 N–H and O–H groups in total. The molecular formula is C21H18N4O2. The van der Waals surface area contributed by atoms with Gasteiger partial charge in [-0.1, -0.05) is 31.4 Å². The third-order valence-electron chi connectivity index (χ3n) is 3.97. The Morgan fingerprint density at radius 3 is 2.96 bits per heavy atom. The molecule has 2 aromatic heterocycles. The Hall–Kier alpha value is -3.85. The summed E-state index contributed by atoms with van der Waals surface area (Å²) < 4.78 is 6.53. The van der Waals surface area contributed by atoms with Crippen LogP contribution in [0.3, 0.4) is 0 Å². The molecule has 3 aromatic rings. The molecule has 0 aliphatic heterocycles. The fourth-order valence-electron chi connectivity index (χ4n) is 2.68. The van der Waals surface area contributed by atoms with Gasteiger partial charge in [0, 0.05) is 17.3 Å². The van der Waals surface area contributed by atoms with E-state index in [1.54, 1.807) is 36.0 Å². The van der Waals surface area contributed by atoms with Crippen molar-refractivity contribution in [3.63, 3.8) is 0 Å². The average Bonchev–Trinajstić information content (AvgIpc) is 3.32. The van der Waals surface area contributed by atoms with Crippen molar-refractivity contribution in [1.29, 1.82) is 5.26 Å². The van der Waals surface area contributed by atoms with E-state index in [-0.39, 0.29) is 0 Å². The molecule has 0 saturated heterocycles. The molecule has 0 unspecified atom stereocenters. The quantitative estimate of drug-likeness (QED) is 0.530. The number of ether oxygens (including phenoxy) is 1. The summed E-state index contributed by atoms with van der Waals surface area (Å²) in [4.78, 5) is 15.1. The number of aromatic nitrogens is 3. The third-order valence-corrected chi connectivity index (χ3v) is 3.97. The molecular weight excluding hydrogens is 340 g/mol. The summed E-state index contributed by atoms with van der Waals surface area (Å²) in [5, 5.41) is 14.6. The molecule has 1 aromatic carbocycles. The van der Waals surface area contributed by atoms with E-state index in [0.29, 0.717) is 23.4 Å². The van der Waals surface area contributed by atoms with Crippen LogP contribution in [0.15, 0.2) is 62.0 Å². The summed E-state index contributed by atoms with van der Waals surface area (Å²) in [6, 6.07) is 7.73. The number of carbonyl (C=O) groups excluding carboxylic acids is 1. The van der Waals surface area contributed by atoms with E-state index < -0.39 is 5.97 Å². The maximum atomic E-state index is 11.8. The molecule has 0 aliphatic rings. The second-order valence-electron chi connectivity index (χ2n) is 5.77. The molecule has 0 radical (unpaired) electrons. The van der Waals surface area contributed by atoms with Crippen LogP contribution >= 0.6 is 0 Å². The number of benzene rings is 1. The van der Waals surface area contributed by atoms with Gasteiger partial charge in [0.05, 0.1) is 35.1 Å². The number of nitrogens with one attached hydrogen (secondary N) is 1. The van der Waals surface area contributed by atoms with Gasteiger partial charge in [0.2, 0.25) is 0 Å². The molecule has 3 rings (SSSR count). The Kier molecular flexibility index (Phi) is 5.04. The number of hydrogen-bond acceptors (Lipinski definition) is 4. The summed E-state index contributed by atoms with van der Waals surface area (Å²) in [6.45, 7) is 9.70. The molecule has 2 heterocycles. The average molecular weight is 358 g/mol. The lowest BCUT2D eigenvalue weighted by molar-refractivity contribution is 0.0526. The SMILES string of the molecule is C=C/C=C\C(=C)c1cc2cc(-n3cc(C(=O)OCC)cn3)cc(C#N)c2[nH]1. The Balaban J connectivity index is 2.04. The predicted molar refractivity (Wildman–Crippen MR) is 104 cm³/mol. The topological polar surface area (TPSA) is 83.7 Å². The molecule has 0 amide bonds.